The van der Waals surface area contributed by atoms with E-state index in [1.807, 2.05) is 41.4 Å². The number of unbranched alkanes of at least 4 members (excludes halogenated alkanes) is 1. The van der Waals surface area contributed by atoms with E-state index in [2.05, 4.69) is 448 Å². The fraction of sp³-hybridized carbons (Fsp3) is 0.257. The number of para-hydroxylation sites is 8. The van der Waals surface area contributed by atoms with Crippen molar-refractivity contribution in [3.8, 4) is 28.6 Å². The first kappa shape index (κ1) is 104. The van der Waals surface area contributed by atoms with Crippen LogP contribution in [0.15, 0.2) is 333 Å². The molecule has 0 N–H and O–H groups in total. The Balaban J connectivity index is 0.000000200. The van der Waals surface area contributed by atoms with Gasteiger partial charge in [0, 0.05) is 93.9 Å². The largest absolute Gasteiger partial charge is 1.00 e. The molecule has 0 unspecified atom stereocenters. The number of rotatable bonds is 30. The summed E-state index contributed by atoms with van der Waals surface area (Å²) >= 11 is 5.52. The van der Waals surface area contributed by atoms with Crippen molar-refractivity contribution in [2.75, 3.05) is 166 Å². The second kappa shape index (κ2) is 49.0. The number of halogens is 5. The number of anilines is 6. The number of hydrogen-bond acceptors (Lipinski definition) is 12. The highest BCUT2D eigenvalue weighted by atomic mass is 127. The molecule has 0 spiro atoms. The van der Waals surface area contributed by atoms with Gasteiger partial charge in [0.1, 0.15) is 84.4 Å². The molecule has 17 rings (SSSR count). The molecule has 3 aromatic heterocycles. The number of hydrogen-bond donors (Lipinski definition) is 0. The molecule has 0 amide bonds. The van der Waals surface area contributed by atoms with Gasteiger partial charge in [0.05, 0.1) is 101 Å². The average Bonchev–Trinajstić information content (AvgIpc) is 0.991. The van der Waals surface area contributed by atoms with E-state index in [0.717, 1.165) is 123 Å². The Kier molecular flexibility index (Phi) is 39.1. The van der Waals surface area contributed by atoms with Crippen molar-refractivity contribution < 1.29 is 138 Å². The van der Waals surface area contributed by atoms with E-state index in [4.69, 9.17) is 9.47 Å². The molecule has 0 saturated carbocycles. The molecule has 3 aliphatic rings. The highest BCUT2D eigenvalue weighted by molar-refractivity contribution is 8.04. The first-order valence-electron chi connectivity index (χ1n) is 44.4. The maximum Gasteiger partial charge on any atom is 0.283 e. The number of aromatic nitrogens is 3. The van der Waals surface area contributed by atoms with Gasteiger partial charge < -0.3 is 144 Å². The van der Waals surface area contributed by atoms with E-state index < -0.39 is 0 Å². The van der Waals surface area contributed by atoms with Crippen molar-refractivity contribution in [1.82, 2.24) is 4.90 Å². The van der Waals surface area contributed by atoms with Crippen LogP contribution < -0.4 is 158 Å². The summed E-state index contributed by atoms with van der Waals surface area (Å²) in [5.41, 5.74) is 17.2. The van der Waals surface area contributed by atoms with Gasteiger partial charge in [0.15, 0.2) is 0 Å². The molecule has 0 saturated heterocycles. The molecule has 131 heavy (non-hydrogen) atoms. The summed E-state index contributed by atoms with van der Waals surface area (Å²) in [6, 6.07) is 109. The summed E-state index contributed by atoms with van der Waals surface area (Å²) in [5.74, 6) is 5.41. The molecular weight excluding hydrogens is 2150 g/mol. The predicted molar refractivity (Wildman–Crippen MR) is 536 cm³/mol. The highest BCUT2D eigenvalue weighted by Crippen LogP contribution is 2.49. The van der Waals surface area contributed by atoms with Crippen LogP contribution in [-0.4, -0.2) is 150 Å². The third-order valence-electron chi connectivity index (χ3n) is 24.1. The van der Waals surface area contributed by atoms with Gasteiger partial charge in [0.25, 0.3) is 17.5 Å². The second-order valence-electron chi connectivity index (χ2n) is 34.3. The normalized spacial score (nSPS) is 13.4. The molecule has 0 atom stereocenters. The maximum absolute atomic E-state index is 5.74. The van der Waals surface area contributed by atoms with Gasteiger partial charge in [-0.15, -0.1) is 0 Å². The Hall–Kier alpha value is -8.65. The number of quaternary nitrogens is 2. The fourth-order valence-electron chi connectivity index (χ4n) is 17.3. The molecule has 0 bridgehead atoms. The van der Waals surface area contributed by atoms with Crippen LogP contribution in [-0.2, 0) is 13.1 Å². The maximum atomic E-state index is 5.74. The Morgan fingerprint density at radius 2 is 0.687 bits per heavy atom. The van der Waals surface area contributed by atoms with Crippen LogP contribution in [0.25, 0.3) is 68.0 Å². The first-order valence-corrected chi connectivity index (χ1v) is 46.8. The van der Waals surface area contributed by atoms with Gasteiger partial charge in [-0.1, -0.05) is 218 Å². The number of methoxy groups -OCH3 is 2. The van der Waals surface area contributed by atoms with Crippen molar-refractivity contribution in [1.29, 1.82) is 0 Å². The monoisotopic (exact) mass is 2270 g/mol. The molecule has 0 radical (unpaired) electrons. The van der Waals surface area contributed by atoms with Crippen molar-refractivity contribution in [3.63, 3.8) is 0 Å². The minimum absolute atomic E-state index is 0. The Morgan fingerprint density at radius 3 is 1.08 bits per heavy atom. The van der Waals surface area contributed by atoms with Crippen molar-refractivity contribution in [2.45, 2.75) is 67.8 Å². The lowest BCUT2D eigenvalue weighted by atomic mass is 10.1. The molecule has 0 aliphatic carbocycles. The molecule has 22 heteroatoms. The van der Waals surface area contributed by atoms with E-state index >= 15 is 0 Å². The molecule has 684 valence electrons. The van der Waals surface area contributed by atoms with E-state index in [1.165, 1.54) is 131 Å². The standard InChI is InChI=1S/C38H42N4OS.C37H40N4S.C34H41N4OS.2BrH.3HI/c1-6-40(23-24-42(3,4)28-29-15-14-18-32(25-29)43-5)37-26-30(27-38-39(2)35-21-12-13-22-36(35)44-38)33-19-10-11-20-34(33)41(37)31-16-8-7-9-17-31;1-5-39(24-25-41(3,4)28-29-16-8-6-9-17-29)36-26-30(27-37-38(2)34-22-14-15-23-35(34)42-37)32-20-12-13-21-33(32)40(36)31-18-10-7-11-19-31;1-6-7-21-37(22-13-20-35(2)3)33-23-26(24-34-36(4)30-16-11-12-17-32(30)40-34)29-19-18-28(39-5)25-31(29)38(33)27-14-9-8-10-15-27;;;;;/h7-22,25-27H,6,23-24,28H2,1-5H3;6-23,26-27H,5,24-25,28H2,1-4H3;8-12,14-19,23-25H,6-7,13,20-22H2,1-5H3;5*1H/q2*+2;+1;;;;;/p-5. The van der Waals surface area contributed by atoms with Crippen LogP contribution in [0.1, 0.15) is 67.9 Å². The van der Waals surface area contributed by atoms with Gasteiger partial charge in [-0.2, -0.15) is 13.7 Å². The zero-order valence-electron chi connectivity index (χ0n) is 77.8. The molecule has 6 heterocycles. The van der Waals surface area contributed by atoms with Crippen molar-refractivity contribution >= 4 is 121 Å². The summed E-state index contributed by atoms with van der Waals surface area (Å²) in [4.78, 5) is 20.8. The Labute approximate surface area is 863 Å². The minimum Gasteiger partial charge on any atom is -1.00 e. The summed E-state index contributed by atoms with van der Waals surface area (Å²) in [5, 5.41) is 7.40. The van der Waals surface area contributed by atoms with Gasteiger partial charge in [-0.3, -0.25) is 14.7 Å². The molecule has 14 aromatic rings. The fourth-order valence-corrected chi connectivity index (χ4v) is 20.6. The number of fused-ring (bicyclic) bond motifs is 6. The van der Waals surface area contributed by atoms with Gasteiger partial charge in [-0.05, 0) is 185 Å². The number of nitrogens with zero attached hydrogens (tertiary/aromatic N) is 12. The topological polar surface area (TPSA) is 52.8 Å². The van der Waals surface area contributed by atoms with E-state index in [1.54, 1.807) is 14.2 Å². The van der Waals surface area contributed by atoms with E-state index in [-0.39, 0.29) is 106 Å². The van der Waals surface area contributed by atoms with Gasteiger partial charge >= 0.3 is 0 Å². The summed E-state index contributed by atoms with van der Waals surface area (Å²) in [7, 11) is 23.6. The van der Waals surface area contributed by atoms with E-state index in [0.29, 0.717) is 0 Å². The summed E-state index contributed by atoms with van der Waals surface area (Å²) < 4.78 is 20.3. The number of ether oxygens (including phenoxy) is 2. The Bertz CT molecular complexity index is 6220. The van der Waals surface area contributed by atoms with Crippen LogP contribution in [0.4, 0.5) is 34.5 Å². The lowest BCUT2D eigenvalue weighted by Gasteiger charge is -2.31. The smallest absolute Gasteiger partial charge is 0.283 e. The van der Waals surface area contributed by atoms with Crippen molar-refractivity contribution in [2.24, 2.45) is 0 Å². The molecule has 3 aliphatic heterocycles. The summed E-state index contributed by atoms with van der Waals surface area (Å²) in [6.07, 6.45) is 10.5. The number of likely N-dealkylation sites (N-methyl/N-ethyl adjacent to an activating group) is 4. The Morgan fingerprint density at radius 1 is 0.344 bits per heavy atom. The summed E-state index contributed by atoms with van der Waals surface area (Å²) in [6.45, 7) is 17.6. The first-order chi connectivity index (χ1) is 61.3. The number of benzene rings is 11. The van der Waals surface area contributed by atoms with Crippen LogP contribution in [0.3, 0.4) is 0 Å². The molecule has 11 aromatic carbocycles. The van der Waals surface area contributed by atoms with E-state index in [9.17, 15) is 0 Å². The molecular formula is C109H123Br2I3N12O2S3. The average molecular weight is 2270 g/mol. The van der Waals surface area contributed by atoms with Gasteiger partial charge in [-0.25, -0.2) is 0 Å². The lowest BCUT2D eigenvalue weighted by Crippen LogP contribution is -3.00. The minimum atomic E-state index is 0. The van der Waals surface area contributed by atoms with Crippen LogP contribution in [0.2, 0.25) is 0 Å². The molecule has 0 fully saturated rings. The van der Waals surface area contributed by atoms with Crippen LogP contribution >= 0.6 is 35.3 Å². The number of pyridine rings is 3. The number of thioether (sulfide) groups is 3. The zero-order chi connectivity index (χ0) is 87.9. The van der Waals surface area contributed by atoms with Crippen LogP contribution in [0.5, 0.6) is 11.5 Å². The van der Waals surface area contributed by atoms with Crippen LogP contribution in [0, 0.1) is 0 Å². The predicted octanol–water partition coefficient (Wildman–Crippen LogP) is 7.77. The third-order valence-corrected chi connectivity index (χ3v) is 27.6. The zero-order valence-corrected chi connectivity index (χ0v) is 89.9. The lowest BCUT2D eigenvalue weighted by molar-refractivity contribution is -0.902. The highest BCUT2D eigenvalue weighted by Gasteiger charge is 2.34. The second-order valence-corrected chi connectivity index (χ2v) is 37.5. The van der Waals surface area contributed by atoms with Gasteiger partial charge in [0.2, 0.25) is 0 Å². The SMILES string of the molecule is CCCCN(CCCN(C)C)c1cc(C=C2Sc3ccccc3N2C)c2ccc(OC)cc2[n+]1-c1ccccc1.CCN(CC[N+](C)(C)Cc1cccc(OC)c1)c1cc(C=C2Sc3ccccc3N2C)c2ccccc2[n+]1-c1ccccc1.CCN(CC[N+](C)(C)Cc1ccccc1)c1cc(C=C2Sc3ccccc3N2C)c2ccccc2[n+]1-c1ccccc1.[Br-].[Br-].[I-].[I-].[I-]. The quantitative estimate of drug-likeness (QED) is 0.0252. The third kappa shape index (κ3) is 25.3. The van der Waals surface area contributed by atoms with Crippen molar-refractivity contribution in [3.05, 3.63) is 346 Å². The molecule has 14 nitrogen and oxygen atoms in total.